The Morgan fingerprint density at radius 2 is 1.73 bits per heavy atom. The molecule has 26 heavy (non-hydrogen) atoms. The molecule has 1 fully saturated rings. The summed E-state index contributed by atoms with van der Waals surface area (Å²) in [6.45, 7) is 5.83. The highest BCUT2D eigenvalue weighted by Gasteiger charge is 2.30. The summed E-state index contributed by atoms with van der Waals surface area (Å²) in [5.41, 5.74) is 1.11. The zero-order valence-electron chi connectivity index (χ0n) is 14.8. The van der Waals surface area contributed by atoms with E-state index in [1.54, 1.807) is 0 Å². The average molecular weight is 379 g/mol. The second-order valence-corrected chi connectivity index (χ2v) is 8.41. The van der Waals surface area contributed by atoms with Gasteiger partial charge >= 0.3 is 0 Å². The van der Waals surface area contributed by atoms with E-state index in [9.17, 15) is 12.8 Å². The van der Waals surface area contributed by atoms with E-state index in [0.29, 0.717) is 19.7 Å². The van der Waals surface area contributed by atoms with E-state index in [1.807, 2.05) is 31.2 Å². The lowest BCUT2D eigenvalue weighted by Gasteiger charge is -2.31. The minimum absolute atomic E-state index is 0.144. The molecular weight excluding hydrogens is 355 g/mol. The van der Waals surface area contributed by atoms with Crippen LogP contribution in [0.1, 0.15) is 5.56 Å². The summed E-state index contributed by atoms with van der Waals surface area (Å²) in [6, 6.07) is 12.9. The second-order valence-electron chi connectivity index (χ2n) is 6.47. The van der Waals surface area contributed by atoms with Crippen molar-refractivity contribution in [1.82, 2.24) is 4.31 Å². The molecule has 0 amide bonds. The zero-order valence-corrected chi connectivity index (χ0v) is 15.6. The lowest BCUT2D eigenvalue weighted by molar-refractivity contribution is -0.903. The van der Waals surface area contributed by atoms with Crippen LogP contribution in [0.5, 0.6) is 5.75 Å². The molecule has 1 heterocycles. The monoisotopic (exact) mass is 379 g/mol. The molecule has 2 aromatic carbocycles. The van der Waals surface area contributed by atoms with Crippen molar-refractivity contribution in [2.75, 3.05) is 39.3 Å². The maximum Gasteiger partial charge on any atom is 0.243 e. The van der Waals surface area contributed by atoms with Crippen LogP contribution < -0.4 is 9.64 Å². The molecule has 0 saturated carbocycles. The van der Waals surface area contributed by atoms with Crippen LogP contribution in [0.4, 0.5) is 4.39 Å². The van der Waals surface area contributed by atoms with Gasteiger partial charge in [-0.05, 0) is 42.8 Å². The SMILES string of the molecule is Cc1ccccc1OCC[NH+]1CCN(S(=O)(=O)c2ccc(F)cc2)CC1. The minimum Gasteiger partial charge on any atom is -0.487 e. The van der Waals surface area contributed by atoms with Crippen LogP contribution in [-0.2, 0) is 10.0 Å². The number of benzene rings is 2. The van der Waals surface area contributed by atoms with Gasteiger partial charge in [0.1, 0.15) is 24.7 Å². The summed E-state index contributed by atoms with van der Waals surface area (Å²) in [4.78, 5) is 1.47. The molecule has 1 N–H and O–H groups in total. The van der Waals surface area contributed by atoms with Gasteiger partial charge < -0.3 is 9.64 Å². The fourth-order valence-electron chi connectivity index (χ4n) is 3.07. The molecule has 0 spiro atoms. The van der Waals surface area contributed by atoms with Gasteiger partial charge in [-0.25, -0.2) is 12.8 Å². The first-order valence-electron chi connectivity index (χ1n) is 8.74. The van der Waals surface area contributed by atoms with Crippen LogP contribution >= 0.6 is 0 Å². The van der Waals surface area contributed by atoms with Crippen LogP contribution in [0, 0.1) is 12.7 Å². The smallest absolute Gasteiger partial charge is 0.243 e. The number of aryl methyl sites for hydroxylation is 1. The molecule has 1 aliphatic heterocycles. The summed E-state index contributed by atoms with van der Waals surface area (Å²) in [5.74, 6) is 0.455. The maximum atomic E-state index is 13.0. The molecule has 140 valence electrons. The first kappa shape index (κ1) is 18.8. The number of nitrogens with one attached hydrogen (secondary N) is 1. The van der Waals surface area contributed by atoms with E-state index < -0.39 is 15.8 Å². The molecule has 0 radical (unpaired) electrons. The molecule has 0 aliphatic carbocycles. The van der Waals surface area contributed by atoms with Crippen molar-refractivity contribution < 1.29 is 22.4 Å². The third-order valence-electron chi connectivity index (χ3n) is 4.69. The Balaban J connectivity index is 1.49. The van der Waals surface area contributed by atoms with Gasteiger partial charge in [-0.15, -0.1) is 0 Å². The summed E-state index contributed by atoms with van der Waals surface area (Å²) < 4.78 is 45.5. The fraction of sp³-hybridized carbons (Fsp3) is 0.368. The van der Waals surface area contributed by atoms with Crippen molar-refractivity contribution in [3.63, 3.8) is 0 Å². The van der Waals surface area contributed by atoms with E-state index in [2.05, 4.69) is 0 Å². The quantitative estimate of drug-likeness (QED) is 0.818. The van der Waals surface area contributed by atoms with E-state index in [-0.39, 0.29) is 4.90 Å². The van der Waals surface area contributed by atoms with Crippen LogP contribution in [-0.4, -0.2) is 52.1 Å². The Hall–Kier alpha value is -1.96. The lowest BCUT2D eigenvalue weighted by atomic mass is 10.2. The van der Waals surface area contributed by atoms with E-state index in [0.717, 1.165) is 30.9 Å². The lowest BCUT2D eigenvalue weighted by Crippen LogP contribution is -3.15. The number of halogens is 1. The van der Waals surface area contributed by atoms with Gasteiger partial charge in [0.25, 0.3) is 0 Å². The Labute approximate surface area is 154 Å². The Morgan fingerprint density at radius 1 is 1.08 bits per heavy atom. The number of hydrogen-bond donors (Lipinski definition) is 1. The van der Waals surface area contributed by atoms with Crippen molar-refractivity contribution in [1.29, 1.82) is 0 Å². The van der Waals surface area contributed by atoms with Gasteiger partial charge in [-0.2, -0.15) is 4.31 Å². The number of hydrogen-bond acceptors (Lipinski definition) is 3. The molecule has 5 nitrogen and oxygen atoms in total. The standard InChI is InChI=1S/C19H23FN2O3S/c1-16-4-2-3-5-19(16)25-15-14-21-10-12-22(13-11-21)26(23,24)18-8-6-17(20)7-9-18/h2-9H,10-15H2,1H3/p+1. The number of sulfonamides is 1. The first-order chi connectivity index (χ1) is 12.5. The van der Waals surface area contributed by atoms with Crippen molar-refractivity contribution in [3.8, 4) is 5.75 Å². The first-order valence-corrected chi connectivity index (χ1v) is 10.2. The maximum absolute atomic E-state index is 13.0. The highest BCUT2D eigenvalue weighted by atomic mass is 32.2. The van der Waals surface area contributed by atoms with E-state index in [1.165, 1.54) is 33.5 Å². The average Bonchev–Trinajstić information content (AvgIpc) is 2.64. The molecule has 2 aromatic rings. The van der Waals surface area contributed by atoms with Gasteiger partial charge in [0.05, 0.1) is 31.1 Å². The van der Waals surface area contributed by atoms with Gasteiger partial charge in [-0.3, -0.25) is 0 Å². The van der Waals surface area contributed by atoms with Gasteiger partial charge in [0, 0.05) is 0 Å². The molecule has 7 heteroatoms. The summed E-state index contributed by atoms with van der Waals surface area (Å²) in [6.07, 6.45) is 0. The summed E-state index contributed by atoms with van der Waals surface area (Å²) >= 11 is 0. The minimum atomic E-state index is -3.55. The van der Waals surface area contributed by atoms with Crippen LogP contribution in [0.3, 0.4) is 0 Å². The van der Waals surface area contributed by atoms with Crippen LogP contribution in [0.15, 0.2) is 53.4 Å². The number of rotatable bonds is 6. The van der Waals surface area contributed by atoms with Gasteiger partial charge in [-0.1, -0.05) is 18.2 Å². The predicted octanol–water partition coefficient (Wildman–Crippen LogP) is 1.10. The predicted molar refractivity (Wildman–Crippen MR) is 97.4 cm³/mol. The van der Waals surface area contributed by atoms with E-state index in [4.69, 9.17) is 4.74 Å². The molecule has 1 saturated heterocycles. The van der Waals surface area contributed by atoms with Gasteiger partial charge in [0.2, 0.25) is 10.0 Å². The molecular formula is C19H24FN2O3S+. The van der Waals surface area contributed by atoms with Crippen LogP contribution in [0.2, 0.25) is 0 Å². The molecule has 1 aliphatic rings. The Morgan fingerprint density at radius 3 is 2.38 bits per heavy atom. The highest BCUT2D eigenvalue weighted by Crippen LogP contribution is 2.17. The summed E-state index contributed by atoms with van der Waals surface area (Å²) in [5, 5.41) is 0. The van der Waals surface area contributed by atoms with E-state index >= 15 is 0 Å². The molecule has 0 aromatic heterocycles. The van der Waals surface area contributed by atoms with Crippen molar-refractivity contribution in [2.24, 2.45) is 0 Å². The van der Waals surface area contributed by atoms with Crippen molar-refractivity contribution in [3.05, 3.63) is 59.9 Å². The number of nitrogens with zero attached hydrogens (tertiary/aromatic N) is 1. The largest absolute Gasteiger partial charge is 0.487 e. The third kappa shape index (κ3) is 4.41. The molecule has 0 atom stereocenters. The molecule has 0 unspecified atom stereocenters. The third-order valence-corrected chi connectivity index (χ3v) is 6.60. The number of piperazine rings is 1. The van der Waals surface area contributed by atoms with Crippen LogP contribution in [0.25, 0.3) is 0 Å². The topological polar surface area (TPSA) is 51.1 Å². The zero-order chi connectivity index (χ0) is 18.6. The number of para-hydroxylation sites is 1. The Bertz CT molecular complexity index is 832. The fourth-order valence-corrected chi connectivity index (χ4v) is 4.51. The van der Waals surface area contributed by atoms with Crippen molar-refractivity contribution >= 4 is 10.0 Å². The molecule has 0 bridgehead atoms. The number of ether oxygens (including phenoxy) is 1. The second kappa shape index (κ2) is 8.16. The Kier molecular flexibility index (Phi) is 5.90. The summed E-state index contributed by atoms with van der Waals surface area (Å²) in [7, 11) is -3.55. The number of quaternary nitrogens is 1. The highest BCUT2D eigenvalue weighted by molar-refractivity contribution is 7.89. The van der Waals surface area contributed by atoms with Crippen molar-refractivity contribution in [2.45, 2.75) is 11.8 Å². The molecule has 3 rings (SSSR count). The normalized spacial score (nSPS) is 16.5. The van der Waals surface area contributed by atoms with Gasteiger partial charge in [0.15, 0.2) is 0 Å².